The van der Waals surface area contributed by atoms with E-state index in [1.54, 1.807) is 25.3 Å². The number of ether oxygens (including phenoxy) is 1. The van der Waals surface area contributed by atoms with E-state index in [0.717, 1.165) is 11.8 Å². The van der Waals surface area contributed by atoms with Crippen molar-refractivity contribution in [1.82, 2.24) is 0 Å². The van der Waals surface area contributed by atoms with Crippen molar-refractivity contribution < 1.29 is 14.6 Å². The van der Waals surface area contributed by atoms with Crippen LogP contribution in [0.5, 0.6) is 5.75 Å². The third-order valence-electron chi connectivity index (χ3n) is 1.83. The zero-order chi connectivity index (χ0) is 9.68. The van der Waals surface area contributed by atoms with E-state index in [1.165, 1.54) is 0 Å². The van der Waals surface area contributed by atoms with Crippen molar-refractivity contribution >= 4 is 6.29 Å². The fourth-order valence-electron chi connectivity index (χ4n) is 1.16. The molecule has 3 nitrogen and oxygen atoms in total. The summed E-state index contributed by atoms with van der Waals surface area (Å²) in [4.78, 5) is 10.4. The van der Waals surface area contributed by atoms with Crippen molar-refractivity contribution in [2.24, 2.45) is 0 Å². The summed E-state index contributed by atoms with van der Waals surface area (Å²) in [7, 11) is 1.55. The quantitative estimate of drug-likeness (QED) is 0.704. The van der Waals surface area contributed by atoms with Gasteiger partial charge in [0, 0.05) is 12.2 Å². The van der Waals surface area contributed by atoms with E-state index < -0.39 is 0 Å². The number of aliphatic hydroxyl groups is 1. The van der Waals surface area contributed by atoms with Crippen LogP contribution in [0.2, 0.25) is 0 Å². The number of hydrogen-bond acceptors (Lipinski definition) is 3. The summed E-state index contributed by atoms with van der Waals surface area (Å²) in [5.74, 6) is 0.652. The van der Waals surface area contributed by atoms with Crippen LogP contribution in [0.15, 0.2) is 18.2 Å². The fraction of sp³-hybridized carbons (Fsp3) is 0.300. The Hall–Kier alpha value is -1.35. The van der Waals surface area contributed by atoms with Gasteiger partial charge in [0.05, 0.1) is 7.11 Å². The minimum atomic E-state index is 0.0802. The Morgan fingerprint density at radius 1 is 1.54 bits per heavy atom. The van der Waals surface area contributed by atoms with E-state index >= 15 is 0 Å². The highest BCUT2D eigenvalue weighted by molar-refractivity contribution is 5.75. The lowest BCUT2D eigenvalue weighted by Crippen LogP contribution is -1.96. The molecule has 0 atom stereocenters. The maximum absolute atomic E-state index is 10.4. The Labute approximate surface area is 77.0 Å². The first-order chi connectivity index (χ1) is 6.31. The molecule has 13 heavy (non-hydrogen) atoms. The summed E-state index contributed by atoms with van der Waals surface area (Å²) in [6.45, 7) is 0.0802. The predicted octanol–water partition coefficient (Wildman–Crippen LogP) is 1.04. The molecular weight excluding hydrogens is 168 g/mol. The van der Waals surface area contributed by atoms with Crippen molar-refractivity contribution in [2.75, 3.05) is 13.7 Å². The highest BCUT2D eigenvalue weighted by Gasteiger charge is 2.02. The van der Waals surface area contributed by atoms with Gasteiger partial charge in [-0.3, -0.25) is 4.79 Å². The molecule has 0 aliphatic carbocycles. The number of rotatable bonds is 4. The monoisotopic (exact) mass is 180 g/mol. The Morgan fingerprint density at radius 3 is 2.85 bits per heavy atom. The van der Waals surface area contributed by atoms with Crippen LogP contribution in [0.4, 0.5) is 0 Å². The van der Waals surface area contributed by atoms with Crippen molar-refractivity contribution in [3.63, 3.8) is 0 Å². The van der Waals surface area contributed by atoms with Crippen molar-refractivity contribution in [3.8, 4) is 5.75 Å². The molecule has 0 unspecified atom stereocenters. The van der Waals surface area contributed by atoms with E-state index in [2.05, 4.69) is 0 Å². The Bertz CT molecular complexity index is 294. The zero-order valence-electron chi connectivity index (χ0n) is 7.49. The molecule has 1 rings (SSSR count). The van der Waals surface area contributed by atoms with E-state index in [1.807, 2.05) is 0 Å². The first kappa shape index (κ1) is 9.74. The summed E-state index contributed by atoms with van der Waals surface area (Å²) in [6.07, 6.45) is 1.31. The number of methoxy groups -OCH3 is 1. The normalized spacial score (nSPS) is 9.69. The van der Waals surface area contributed by atoms with Gasteiger partial charge in [-0.05, 0) is 18.1 Å². The van der Waals surface area contributed by atoms with Crippen molar-refractivity contribution in [3.05, 3.63) is 29.3 Å². The van der Waals surface area contributed by atoms with Gasteiger partial charge in [-0.15, -0.1) is 0 Å². The summed E-state index contributed by atoms with van der Waals surface area (Å²) in [6, 6.07) is 5.16. The Balaban J connectivity index is 3.00. The second kappa shape index (κ2) is 4.62. The average Bonchev–Trinajstić information content (AvgIpc) is 2.19. The Kier molecular flexibility index (Phi) is 3.46. The number of benzene rings is 1. The Morgan fingerprint density at radius 2 is 2.31 bits per heavy atom. The van der Waals surface area contributed by atoms with Crippen LogP contribution in [0.25, 0.3) is 0 Å². The minimum Gasteiger partial charge on any atom is -0.496 e. The lowest BCUT2D eigenvalue weighted by molar-refractivity contribution is 0.112. The van der Waals surface area contributed by atoms with Crippen LogP contribution < -0.4 is 4.74 Å². The first-order valence-corrected chi connectivity index (χ1v) is 4.04. The van der Waals surface area contributed by atoms with Gasteiger partial charge in [-0.1, -0.05) is 12.1 Å². The average molecular weight is 180 g/mol. The van der Waals surface area contributed by atoms with Gasteiger partial charge in [-0.2, -0.15) is 0 Å². The predicted molar refractivity (Wildman–Crippen MR) is 49.2 cm³/mol. The van der Waals surface area contributed by atoms with Crippen LogP contribution in [0, 0.1) is 0 Å². The van der Waals surface area contributed by atoms with Crippen molar-refractivity contribution in [1.29, 1.82) is 0 Å². The molecule has 0 fully saturated rings. The SMILES string of the molecule is COc1cc(C=O)ccc1CCO. The maximum Gasteiger partial charge on any atom is 0.150 e. The lowest BCUT2D eigenvalue weighted by atomic mass is 10.1. The third kappa shape index (κ3) is 2.29. The fourth-order valence-corrected chi connectivity index (χ4v) is 1.16. The molecule has 0 amide bonds. The summed E-state index contributed by atoms with van der Waals surface area (Å²) < 4.78 is 5.07. The molecular formula is C10H12O3. The van der Waals surface area contributed by atoms with Gasteiger partial charge in [0.1, 0.15) is 12.0 Å². The number of carbonyl (C=O) groups excluding carboxylic acids is 1. The van der Waals surface area contributed by atoms with E-state index in [-0.39, 0.29) is 6.61 Å². The van der Waals surface area contributed by atoms with Gasteiger partial charge in [0.15, 0.2) is 0 Å². The van der Waals surface area contributed by atoms with E-state index in [4.69, 9.17) is 9.84 Å². The maximum atomic E-state index is 10.4. The molecule has 70 valence electrons. The van der Waals surface area contributed by atoms with Gasteiger partial charge in [0.25, 0.3) is 0 Å². The van der Waals surface area contributed by atoms with Crippen molar-refractivity contribution in [2.45, 2.75) is 6.42 Å². The molecule has 0 aliphatic heterocycles. The highest BCUT2D eigenvalue weighted by Crippen LogP contribution is 2.19. The zero-order valence-corrected chi connectivity index (χ0v) is 7.49. The largest absolute Gasteiger partial charge is 0.496 e. The van der Waals surface area contributed by atoms with Gasteiger partial charge < -0.3 is 9.84 Å². The highest BCUT2D eigenvalue weighted by atomic mass is 16.5. The molecule has 1 aromatic rings. The molecule has 1 N–H and O–H groups in total. The molecule has 0 aliphatic rings. The summed E-state index contributed by atoms with van der Waals surface area (Å²) in [5, 5.41) is 8.74. The topological polar surface area (TPSA) is 46.5 Å². The second-order valence-electron chi connectivity index (χ2n) is 2.66. The third-order valence-corrected chi connectivity index (χ3v) is 1.83. The molecule has 0 radical (unpaired) electrons. The molecule has 0 aromatic heterocycles. The number of carbonyl (C=O) groups is 1. The van der Waals surface area contributed by atoms with Gasteiger partial charge >= 0.3 is 0 Å². The molecule has 0 saturated carbocycles. The van der Waals surface area contributed by atoms with Gasteiger partial charge in [-0.25, -0.2) is 0 Å². The standard InChI is InChI=1S/C10H12O3/c1-13-10-6-8(7-12)2-3-9(10)4-5-11/h2-3,6-7,11H,4-5H2,1H3. The van der Waals surface area contributed by atoms with Crippen LogP contribution in [-0.2, 0) is 6.42 Å². The molecule has 0 saturated heterocycles. The molecule has 3 heteroatoms. The van der Waals surface area contributed by atoms with Gasteiger partial charge in [0.2, 0.25) is 0 Å². The lowest BCUT2D eigenvalue weighted by Gasteiger charge is -2.07. The number of aliphatic hydroxyl groups excluding tert-OH is 1. The first-order valence-electron chi connectivity index (χ1n) is 4.04. The summed E-state index contributed by atoms with van der Waals surface area (Å²) >= 11 is 0. The van der Waals surface area contributed by atoms with Crippen LogP contribution in [-0.4, -0.2) is 25.1 Å². The summed E-state index contributed by atoms with van der Waals surface area (Å²) in [5.41, 5.74) is 1.49. The molecule has 0 heterocycles. The van der Waals surface area contributed by atoms with E-state index in [0.29, 0.717) is 17.7 Å². The minimum absolute atomic E-state index is 0.0802. The number of hydrogen-bond donors (Lipinski definition) is 1. The van der Waals surface area contributed by atoms with E-state index in [9.17, 15) is 4.79 Å². The van der Waals surface area contributed by atoms with Crippen LogP contribution >= 0.6 is 0 Å². The molecule has 0 spiro atoms. The second-order valence-corrected chi connectivity index (χ2v) is 2.66. The van der Waals surface area contributed by atoms with Crippen LogP contribution in [0.3, 0.4) is 0 Å². The smallest absolute Gasteiger partial charge is 0.150 e. The van der Waals surface area contributed by atoms with Crippen LogP contribution in [0.1, 0.15) is 15.9 Å². The molecule has 0 bridgehead atoms. The molecule has 1 aromatic carbocycles. The number of aldehydes is 1.